The van der Waals surface area contributed by atoms with Crippen LogP contribution in [0.15, 0.2) is 18.2 Å². The van der Waals surface area contributed by atoms with Gasteiger partial charge in [0.25, 0.3) is 5.69 Å². The summed E-state index contributed by atoms with van der Waals surface area (Å²) in [7, 11) is 0. The number of nitro benzene ring substituents is 1. The van der Waals surface area contributed by atoms with Crippen molar-refractivity contribution in [2.24, 2.45) is 5.73 Å². The Bertz CT molecular complexity index is 530. The molecule has 0 aliphatic carbocycles. The largest absolute Gasteiger partial charge is 0.481 e. The second kappa shape index (κ2) is 7.07. The summed E-state index contributed by atoms with van der Waals surface area (Å²) in [5, 5.41) is 22.2. The molecule has 0 fully saturated rings. The first-order valence-corrected chi connectivity index (χ1v) is 5.95. The van der Waals surface area contributed by atoms with E-state index in [0.29, 0.717) is 19.4 Å². The number of hydrogen-bond donors (Lipinski definition) is 3. The zero-order valence-corrected chi connectivity index (χ0v) is 10.7. The number of nitro groups is 1. The van der Waals surface area contributed by atoms with Crippen LogP contribution in [0.25, 0.3) is 0 Å². The van der Waals surface area contributed by atoms with Crippen LogP contribution in [0.3, 0.4) is 0 Å². The molecule has 1 amide bonds. The molecule has 0 bridgehead atoms. The number of nitrogens with one attached hydrogen (secondary N) is 1. The van der Waals surface area contributed by atoms with Crippen LogP contribution >= 0.6 is 0 Å². The van der Waals surface area contributed by atoms with Crippen molar-refractivity contribution in [1.82, 2.24) is 0 Å². The number of carbonyl (C=O) groups excluding carboxylic acids is 1. The molecule has 20 heavy (non-hydrogen) atoms. The van der Waals surface area contributed by atoms with Crippen molar-refractivity contribution in [3.63, 3.8) is 0 Å². The Morgan fingerprint density at radius 3 is 2.60 bits per heavy atom. The van der Waals surface area contributed by atoms with Crippen molar-refractivity contribution < 1.29 is 19.6 Å². The molecule has 0 saturated carbocycles. The van der Waals surface area contributed by atoms with Crippen LogP contribution < -0.4 is 11.1 Å². The Morgan fingerprint density at radius 1 is 1.35 bits per heavy atom. The summed E-state index contributed by atoms with van der Waals surface area (Å²) in [6.07, 6.45) is 1.06. The predicted octanol–water partition coefficient (Wildman–Crippen LogP) is 1.36. The molecule has 0 radical (unpaired) electrons. The number of aliphatic carboxylic acids is 1. The van der Waals surface area contributed by atoms with E-state index in [9.17, 15) is 19.7 Å². The van der Waals surface area contributed by atoms with Crippen LogP contribution in [-0.4, -0.2) is 28.5 Å². The highest BCUT2D eigenvalue weighted by Gasteiger charge is 2.15. The van der Waals surface area contributed by atoms with E-state index in [2.05, 4.69) is 5.32 Å². The summed E-state index contributed by atoms with van der Waals surface area (Å²) in [5.41, 5.74) is 5.32. The van der Waals surface area contributed by atoms with Crippen molar-refractivity contribution in [2.45, 2.75) is 19.3 Å². The summed E-state index contributed by atoms with van der Waals surface area (Å²) in [5.74, 6) is -1.56. The lowest BCUT2D eigenvalue weighted by molar-refractivity contribution is -0.384. The fourth-order valence-corrected chi connectivity index (χ4v) is 1.61. The van der Waals surface area contributed by atoms with E-state index in [4.69, 9.17) is 10.8 Å². The number of nitrogens with zero attached hydrogens (tertiary/aromatic N) is 1. The third-order valence-corrected chi connectivity index (χ3v) is 2.61. The molecular formula is C12H15N3O5. The van der Waals surface area contributed by atoms with E-state index in [1.807, 2.05) is 0 Å². The van der Waals surface area contributed by atoms with Gasteiger partial charge < -0.3 is 16.2 Å². The molecule has 8 nitrogen and oxygen atoms in total. The fraction of sp³-hybridized carbons (Fsp3) is 0.333. The lowest BCUT2D eigenvalue weighted by atomic mass is 10.1. The molecular weight excluding hydrogens is 266 g/mol. The minimum absolute atomic E-state index is 0.0467. The van der Waals surface area contributed by atoms with E-state index in [0.717, 1.165) is 0 Å². The Labute approximate surface area is 114 Å². The van der Waals surface area contributed by atoms with E-state index >= 15 is 0 Å². The van der Waals surface area contributed by atoms with Crippen molar-refractivity contribution in [3.8, 4) is 0 Å². The number of hydrogen-bond acceptors (Lipinski definition) is 5. The molecule has 1 aromatic rings. The minimum atomic E-state index is -0.883. The van der Waals surface area contributed by atoms with Crippen molar-refractivity contribution >= 4 is 23.3 Å². The van der Waals surface area contributed by atoms with Gasteiger partial charge in [0.05, 0.1) is 4.92 Å². The fourth-order valence-electron chi connectivity index (χ4n) is 1.61. The highest BCUT2D eigenvalue weighted by atomic mass is 16.6. The summed E-state index contributed by atoms with van der Waals surface area (Å²) < 4.78 is 0. The zero-order valence-electron chi connectivity index (χ0n) is 10.7. The van der Waals surface area contributed by atoms with Gasteiger partial charge in [0.1, 0.15) is 5.69 Å². The minimum Gasteiger partial charge on any atom is -0.481 e. The lowest BCUT2D eigenvalue weighted by Gasteiger charge is -2.07. The summed E-state index contributed by atoms with van der Waals surface area (Å²) in [6.45, 7) is 0.371. The molecule has 0 saturated heterocycles. The molecule has 0 atom stereocenters. The number of carbonyl (C=O) groups is 2. The van der Waals surface area contributed by atoms with Gasteiger partial charge in [0.2, 0.25) is 5.91 Å². The molecule has 0 heterocycles. The van der Waals surface area contributed by atoms with Crippen LogP contribution in [0.2, 0.25) is 0 Å². The molecule has 108 valence electrons. The first kappa shape index (κ1) is 15.4. The third-order valence-electron chi connectivity index (χ3n) is 2.61. The number of primary amides is 1. The predicted molar refractivity (Wildman–Crippen MR) is 71.6 cm³/mol. The first-order chi connectivity index (χ1) is 9.41. The molecule has 1 rings (SSSR count). The smallest absolute Gasteiger partial charge is 0.303 e. The van der Waals surface area contributed by atoms with E-state index in [-0.39, 0.29) is 23.4 Å². The summed E-state index contributed by atoms with van der Waals surface area (Å²) >= 11 is 0. The van der Waals surface area contributed by atoms with Gasteiger partial charge in [0, 0.05) is 24.6 Å². The van der Waals surface area contributed by atoms with Crippen LogP contribution in [0, 0.1) is 10.1 Å². The number of benzene rings is 1. The third kappa shape index (κ3) is 4.56. The second-order valence-corrected chi connectivity index (χ2v) is 4.13. The van der Waals surface area contributed by atoms with Crippen LogP contribution in [0.5, 0.6) is 0 Å². The SMILES string of the molecule is NC(=O)c1ccc([N+](=O)[O-])c(NCCCCC(=O)O)c1. The standard InChI is InChI=1S/C12H15N3O5/c13-12(18)8-4-5-10(15(19)20)9(7-8)14-6-2-1-3-11(16)17/h4-5,7,14H,1-3,6H2,(H2,13,18)(H,16,17). The molecule has 0 spiro atoms. The second-order valence-electron chi connectivity index (χ2n) is 4.13. The van der Waals surface area contributed by atoms with Gasteiger partial charge in [0.15, 0.2) is 0 Å². The van der Waals surface area contributed by atoms with Gasteiger partial charge in [-0.05, 0) is 25.0 Å². The number of anilines is 1. The van der Waals surface area contributed by atoms with Gasteiger partial charge in [-0.2, -0.15) is 0 Å². The normalized spacial score (nSPS) is 10.0. The first-order valence-electron chi connectivity index (χ1n) is 5.95. The average molecular weight is 281 g/mol. The van der Waals surface area contributed by atoms with Crippen LogP contribution in [0.1, 0.15) is 29.6 Å². The maximum absolute atomic E-state index is 11.0. The number of carboxylic acids is 1. The number of carboxylic acid groups (broad SMARTS) is 1. The summed E-state index contributed by atoms with van der Waals surface area (Å²) in [6, 6.07) is 3.81. The Kier molecular flexibility index (Phi) is 5.45. The Morgan fingerprint density at radius 2 is 2.05 bits per heavy atom. The van der Waals surface area contributed by atoms with Crippen molar-refractivity contribution in [2.75, 3.05) is 11.9 Å². The lowest BCUT2D eigenvalue weighted by Crippen LogP contribution is -2.12. The van der Waals surface area contributed by atoms with Gasteiger partial charge in [-0.25, -0.2) is 0 Å². The topological polar surface area (TPSA) is 136 Å². The molecule has 0 aliphatic rings. The number of nitrogens with two attached hydrogens (primary N) is 1. The van der Waals surface area contributed by atoms with Crippen LogP contribution in [-0.2, 0) is 4.79 Å². The highest BCUT2D eigenvalue weighted by molar-refractivity contribution is 5.94. The van der Waals surface area contributed by atoms with E-state index in [1.54, 1.807) is 0 Å². The highest BCUT2D eigenvalue weighted by Crippen LogP contribution is 2.25. The monoisotopic (exact) mass is 281 g/mol. The maximum atomic E-state index is 11.0. The van der Waals surface area contributed by atoms with Gasteiger partial charge in [-0.3, -0.25) is 19.7 Å². The van der Waals surface area contributed by atoms with E-state index < -0.39 is 16.8 Å². The molecule has 0 unspecified atom stereocenters. The molecule has 0 aliphatic heterocycles. The molecule has 8 heteroatoms. The van der Waals surface area contributed by atoms with Gasteiger partial charge in [-0.1, -0.05) is 0 Å². The number of rotatable bonds is 8. The summed E-state index contributed by atoms with van der Waals surface area (Å²) in [4.78, 5) is 31.7. The van der Waals surface area contributed by atoms with Gasteiger partial charge in [-0.15, -0.1) is 0 Å². The Hall–Kier alpha value is -2.64. The zero-order chi connectivity index (χ0) is 15.1. The quantitative estimate of drug-likeness (QED) is 0.374. The molecule has 0 aromatic heterocycles. The van der Waals surface area contributed by atoms with Crippen molar-refractivity contribution in [1.29, 1.82) is 0 Å². The maximum Gasteiger partial charge on any atom is 0.303 e. The van der Waals surface area contributed by atoms with Gasteiger partial charge >= 0.3 is 5.97 Å². The molecule has 1 aromatic carbocycles. The Balaban J connectivity index is 2.70. The molecule has 4 N–H and O–H groups in total. The average Bonchev–Trinajstić information content (AvgIpc) is 2.37. The number of unbranched alkanes of at least 4 members (excludes halogenated alkanes) is 1. The van der Waals surface area contributed by atoms with E-state index in [1.165, 1.54) is 18.2 Å². The number of amides is 1. The van der Waals surface area contributed by atoms with Crippen LogP contribution in [0.4, 0.5) is 11.4 Å². The van der Waals surface area contributed by atoms with Crippen molar-refractivity contribution in [3.05, 3.63) is 33.9 Å².